The summed E-state index contributed by atoms with van der Waals surface area (Å²) in [6, 6.07) is 21.9. The molecule has 0 saturated heterocycles. The average Bonchev–Trinajstić information content (AvgIpc) is 2.64. The van der Waals surface area contributed by atoms with Gasteiger partial charge in [-0.2, -0.15) is 0 Å². The Hall–Kier alpha value is -1.64. The van der Waals surface area contributed by atoms with Crippen LogP contribution >= 0.6 is 0 Å². The predicted molar refractivity (Wildman–Crippen MR) is 105 cm³/mol. The van der Waals surface area contributed by atoms with Gasteiger partial charge in [-0.05, 0) is 37.4 Å². The van der Waals surface area contributed by atoms with Gasteiger partial charge in [0.05, 0.1) is 0 Å². The molecule has 1 aliphatic rings. The topological polar surface area (TPSA) is 21.3 Å². The van der Waals surface area contributed by atoms with Crippen molar-refractivity contribution in [3.63, 3.8) is 0 Å². The number of hydrogen-bond acceptors (Lipinski definition) is 2. The Morgan fingerprint density at radius 2 is 1.56 bits per heavy atom. The van der Waals surface area contributed by atoms with E-state index in [1.165, 1.54) is 36.8 Å². The lowest BCUT2D eigenvalue weighted by Gasteiger charge is -2.39. The van der Waals surface area contributed by atoms with Crippen molar-refractivity contribution in [1.82, 2.24) is 5.32 Å². The van der Waals surface area contributed by atoms with Crippen LogP contribution in [0.1, 0.15) is 50.2 Å². The normalized spacial score (nSPS) is 16.4. The summed E-state index contributed by atoms with van der Waals surface area (Å²) in [5, 5.41) is 3.57. The van der Waals surface area contributed by atoms with Crippen LogP contribution in [0.5, 0.6) is 0 Å². The fourth-order valence-corrected chi connectivity index (χ4v) is 4.07. The highest BCUT2D eigenvalue weighted by Gasteiger charge is 2.38. The number of hydrogen-bond donors (Lipinski definition) is 1. The molecule has 2 heteroatoms. The van der Waals surface area contributed by atoms with Crippen LogP contribution in [0.25, 0.3) is 0 Å². The number of nitrogens with one attached hydrogen (secondary N) is 1. The van der Waals surface area contributed by atoms with Gasteiger partial charge < -0.3 is 10.1 Å². The van der Waals surface area contributed by atoms with Gasteiger partial charge in [-0.3, -0.25) is 0 Å². The van der Waals surface area contributed by atoms with Gasteiger partial charge in [0.2, 0.25) is 0 Å². The second kappa shape index (κ2) is 8.64. The van der Waals surface area contributed by atoms with Gasteiger partial charge >= 0.3 is 0 Å². The predicted octanol–water partition coefficient (Wildman–Crippen LogP) is 5.14. The van der Waals surface area contributed by atoms with E-state index in [1.54, 1.807) is 0 Å². The quantitative estimate of drug-likeness (QED) is 0.684. The minimum atomic E-state index is -0.394. The van der Waals surface area contributed by atoms with Crippen LogP contribution in [0.3, 0.4) is 0 Å². The molecule has 0 spiro atoms. The SMILES string of the molecule is CCOC(CC(CC1CCC1)NC)(c1ccccc1)c1ccccc1. The third-order valence-corrected chi connectivity index (χ3v) is 5.66. The van der Waals surface area contributed by atoms with Crippen LogP contribution in [0.4, 0.5) is 0 Å². The Bertz CT molecular complexity index is 582. The molecule has 1 aliphatic carbocycles. The van der Waals surface area contributed by atoms with E-state index >= 15 is 0 Å². The minimum absolute atomic E-state index is 0.394. The summed E-state index contributed by atoms with van der Waals surface area (Å²) in [6.45, 7) is 2.80. The second-order valence-electron chi connectivity index (χ2n) is 7.21. The zero-order valence-electron chi connectivity index (χ0n) is 15.6. The van der Waals surface area contributed by atoms with Gasteiger partial charge in [-0.15, -0.1) is 0 Å². The largest absolute Gasteiger partial charge is 0.366 e. The molecule has 25 heavy (non-hydrogen) atoms. The van der Waals surface area contributed by atoms with Crippen molar-refractivity contribution >= 4 is 0 Å². The van der Waals surface area contributed by atoms with Crippen molar-refractivity contribution in [2.75, 3.05) is 13.7 Å². The van der Waals surface area contributed by atoms with Gasteiger partial charge in [-0.25, -0.2) is 0 Å². The highest BCUT2D eigenvalue weighted by Crippen LogP contribution is 2.40. The molecule has 1 fully saturated rings. The summed E-state index contributed by atoms with van der Waals surface area (Å²) in [7, 11) is 2.09. The third-order valence-electron chi connectivity index (χ3n) is 5.66. The van der Waals surface area contributed by atoms with Gasteiger partial charge in [0.25, 0.3) is 0 Å². The molecule has 0 aromatic heterocycles. The average molecular weight is 338 g/mol. The van der Waals surface area contributed by atoms with Crippen molar-refractivity contribution < 1.29 is 4.74 Å². The molecule has 2 aromatic carbocycles. The summed E-state index contributed by atoms with van der Waals surface area (Å²) in [6.07, 6.45) is 6.37. The van der Waals surface area contributed by atoms with E-state index in [0.29, 0.717) is 12.6 Å². The molecule has 0 radical (unpaired) electrons. The van der Waals surface area contributed by atoms with E-state index in [-0.39, 0.29) is 0 Å². The fraction of sp³-hybridized carbons (Fsp3) is 0.478. The van der Waals surface area contributed by atoms with Crippen LogP contribution in [0.2, 0.25) is 0 Å². The summed E-state index contributed by atoms with van der Waals surface area (Å²) in [4.78, 5) is 0. The lowest BCUT2D eigenvalue weighted by atomic mass is 9.75. The molecule has 0 heterocycles. The molecule has 1 atom stereocenters. The molecule has 3 rings (SSSR count). The first kappa shape index (κ1) is 18.2. The highest BCUT2D eigenvalue weighted by molar-refractivity contribution is 5.36. The van der Waals surface area contributed by atoms with Crippen LogP contribution < -0.4 is 5.32 Å². The molecule has 1 saturated carbocycles. The Morgan fingerprint density at radius 1 is 1.00 bits per heavy atom. The number of ether oxygens (including phenoxy) is 1. The maximum Gasteiger partial charge on any atom is 0.120 e. The second-order valence-corrected chi connectivity index (χ2v) is 7.21. The van der Waals surface area contributed by atoms with Crippen molar-refractivity contribution in [3.8, 4) is 0 Å². The third kappa shape index (κ3) is 4.13. The summed E-state index contributed by atoms with van der Waals surface area (Å²) >= 11 is 0. The van der Waals surface area contributed by atoms with Crippen molar-refractivity contribution in [2.24, 2.45) is 5.92 Å². The standard InChI is InChI=1S/C23H31NO/c1-3-25-23(20-13-6-4-7-14-20,21-15-8-5-9-16-21)18-22(24-2)17-19-11-10-12-19/h4-9,13-16,19,22,24H,3,10-12,17-18H2,1-2H3. The summed E-state index contributed by atoms with van der Waals surface area (Å²) in [5.74, 6) is 0.878. The Balaban J connectivity index is 1.97. The first-order chi connectivity index (χ1) is 12.3. The van der Waals surface area contributed by atoms with Crippen LogP contribution in [0.15, 0.2) is 60.7 Å². The monoisotopic (exact) mass is 337 g/mol. The lowest BCUT2D eigenvalue weighted by molar-refractivity contribution is -0.0266. The van der Waals surface area contributed by atoms with Crippen molar-refractivity contribution in [1.29, 1.82) is 0 Å². The van der Waals surface area contributed by atoms with Crippen LogP contribution in [-0.2, 0) is 10.3 Å². The highest BCUT2D eigenvalue weighted by atomic mass is 16.5. The molecule has 2 aromatic rings. The van der Waals surface area contributed by atoms with Crippen molar-refractivity contribution in [2.45, 2.75) is 50.7 Å². The van der Waals surface area contributed by atoms with Crippen LogP contribution in [0, 0.1) is 5.92 Å². The Kier molecular flexibility index (Phi) is 6.28. The molecule has 134 valence electrons. The van der Waals surface area contributed by atoms with E-state index in [1.807, 2.05) is 0 Å². The zero-order chi connectivity index (χ0) is 17.5. The molecule has 2 nitrogen and oxygen atoms in total. The van der Waals surface area contributed by atoms with E-state index in [9.17, 15) is 0 Å². The lowest BCUT2D eigenvalue weighted by Crippen LogP contribution is -2.41. The van der Waals surface area contributed by atoms with E-state index in [0.717, 1.165) is 12.3 Å². The van der Waals surface area contributed by atoms with Crippen LogP contribution in [-0.4, -0.2) is 19.7 Å². The first-order valence-corrected chi connectivity index (χ1v) is 9.70. The summed E-state index contributed by atoms with van der Waals surface area (Å²) in [5.41, 5.74) is 2.10. The number of benzene rings is 2. The van der Waals surface area contributed by atoms with Gasteiger partial charge in [0, 0.05) is 19.1 Å². The van der Waals surface area contributed by atoms with Gasteiger partial charge in [-0.1, -0.05) is 79.9 Å². The van der Waals surface area contributed by atoms with Gasteiger partial charge in [0.15, 0.2) is 0 Å². The zero-order valence-corrected chi connectivity index (χ0v) is 15.6. The minimum Gasteiger partial charge on any atom is -0.366 e. The number of rotatable bonds is 9. The molecule has 1 N–H and O–H groups in total. The molecule has 0 bridgehead atoms. The molecule has 0 amide bonds. The fourth-order valence-electron chi connectivity index (χ4n) is 4.07. The Labute approximate surface area is 152 Å². The first-order valence-electron chi connectivity index (χ1n) is 9.70. The summed E-state index contributed by atoms with van der Waals surface area (Å²) < 4.78 is 6.53. The van der Waals surface area contributed by atoms with Gasteiger partial charge in [0.1, 0.15) is 5.60 Å². The smallest absolute Gasteiger partial charge is 0.120 e. The van der Waals surface area contributed by atoms with Crippen molar-refractivity contribution in [3.05, 3.63) is 71.8 Å². The molecular formula is C23H31NO. The maximum absolute atomic E-state index is 6.53. The maximum atomic E-state index is 6.53. The molecule has 1 unspecified atom stereocenters. The van der Waals surface area contributed by atoms with E-state index in [2.05, 4.69) is 80.0 Å². The van der Waals surface area contributed by atoms with E-state index < -0.39 is 5.60 Å². The van der Waals surface area contributed by atoms with E-state index in [4.69, 9.17) is 4.74 Å². The molecule has 0 aliphatic heterocycles. The molecular weight excluding hydrogens is 306 g/mol. The Morgan fingerprint density at radius 3 is 1.96 bits per heavy atom.